The van der Waals surface area contributed by atoms with Crippen molar-refractivity contribution < 1.29 is 24.2 Å². The number of ether oxygens (including phenoxy) is 1. The molecule has 1 atom stereocenters. The molecule has 2 aromatic rings. The van der Waals surface area contributed by atoms with Crippen molar-refractivity contribution in [2.75, 3.05) is 6.61 Å². The van der Waals surface area contributed by atoms with Crippen molar-refractivity contribution in [1.29, 1.82) is 0 Å². The molecule has 0 aromatic heterocycles. The van der Waals surface area contributed by atoms with Crippen LogP contribution >= 0.6 is 0 Å². The maximum Gasteiger partial charge on any atom is 0.407 e. The van der Waals surface area contributed by atoms with E-state index < -0.39 is 36.0 Å². The molecule has 0 saturated carbocycles. The smallest absolute Gasteiger partial charge is 0.407 e. The van der Waals surface area contributed by atoms with E-state index in [2.05, 4.69) is 10.6 Å². The third-order valence-electron chi connectivity index (χ3n) is 6.75. The number of aliphatic carboxylic acids is 1. The zero-order valence-electron chi connectivity index (χ0n) is 19.4. The molecular formula is C26H32N2O5. The molecule has 2 amide bonds. The van der Waals surface area contributed by atoms with Crippen molar-refractivity contribution in [2.45, 2.75) is 64.0 Å². The summed E-state index contributed by atoms with van der Waals surface area (Å²) in [5.74, 6) is -1.82. The lowest BCUT2D eigenvalue weighted by Gasteiger charge is -2.33. The average Bonchev–Trinajstić information content (AvgIpc) is 3.14. The zero-order chi connectivity index (χ0) is 24.0. The van der Waals surface area contributed by atoms with Crippen LogP contribution in [-0.4, -0.2) is 41.3 Å². The van der Waals surface area contributed by atoms with Crippen molar-refractivity contribution >= 4 is 18.0 Å². The highest BCUT2D eigenvalue weighted by molar-refractivity contribution is 5.89. The molecule has 3 N–H and O–H groups in total. The summed E-state index contributed by atoms with van der Waals surface area (Å²) in [6.07, 6.45) is 0.778. The fourth-order valence-corrected chi connectivity index (χ4v) is 4.53. The SMILES string of the molecule is CCC(CC)(CC)NC(=O)C(CC(=O)O)NC(=O)OCC1c2ccccc2-c2ccccc21. The summed E-state index contributed by atoms with van der Waals surface area (Å²) >= 11 is 0. The number of nitrogens with one attached hydrogen (secondary N) is 2. The Morgan fingerprint density at radius 1 is 0.939 bits per heavy atom. The minimum Gasteiger partial charge on any atom is -0.481 e. The van der Waals surface area contributed by atoms with E-state index in [1.807, 2.05) is 69.3 Å². The molecule has 0 fully saturated rings. The molecule has 2 aromatic carbocycles. The van der Waals surface area contributed by atoms with Crippen LogP contribution in [0.3, 0.4) is 0 Å². The summed E-state index contributed by atoms with van der Waals surface area (Å²) in [5, 5.41) is 14.7. The van der Waals surface area contributed by atoms with Gasteiger partial charge < -0.3 is 20.5 Å². The largest absolute Gasteiger partial charge is 0.481 e. The summed E-state index contributed by atoms with van der Waals surface area (Å²) in [6.45, 7) is 6.00. The Bertz CT molecular complexity index is 961. The predicted molar refractivity (Wildman–Crippen MR) is 126 cm³/mol. The first-order valence-corrected chi connectivity index (χ1v) is 11.5. The first-order valence-electron chi connectivity index (χ1n) is 11.5. The van der Waals surface area contributed by atoms with E-state index in [1.165, 1.54) is 0 Å². The lowest BCUT2D eigenvalue weighted by molar-refractivity contribution is -0.140. The topological polar surface area (TPSA) is 105 Å². The summed E-state index contributed by atoms with van der Waals surface area (Å²) in [4.78, 5) is 36.8. The van der Waals surface area contributed by atoms with Crippen LogP contribution in [0.4, 0.5) is 4.79 Å². The van der Waals surface area contributed by atoms with Crippen LogP contribution in [0.1, 0.15) is 63.5 Å². The molecule has 7 nitrogen and oxygen atoms in total. The van der Waals surface area contributed by atoms with Gasteiger partial charge in [-0.25, -0.2) is 4.79 Å². The van der Waals surface area contributed by atoms with Crippen LogP contribution in [0.15, 0.2) is 48.5 Å². The van der Waals surface area contributed by atoms with Crippen molar-refractivity contribution in [3.63, 3.8) is 0 Å². The Labute approximate surface area is 194 Å². The van der Waals surface area contributed by atoms with Gasteiger partial charge in [-0.05, 0) is 41.5 Å². The van der Waals surface area contributed by atoms with E-state index in [1.54, 1.807) is 0 Å². The zero-order valence-corrected chi connectivity index (χ0v) is 19.4. The third-order valence-corrected chi connectivity index (χ3v) is 6.75. The average molecular weight is 453 g/mol. The normalized spacial score (nSPS) is 13.5. The van der Waals surface area contributed by atoms with Gasteiger partial charge in [0.2, 0.25) is 5.91 Å². The maximum atomic E-state index is 12.8. The van der Waals surface area contributed by atoms with E-state index in [-0.39, 0.29) is 12.5 Å². The molecule has 1 aliphatic carbocycles. The fraction of sp³-hybridized carbons (Fsp3) is 0.423. The molecule has 0 radical (unpaired) electrons. The second kappa shape index (κ2) is 10.5. The second-order valence-electron chi connectivity index (χ2n) is 8.45. The minimum absolute atomic E-state index is 0.0874. The molecule has 0 heterocycles. The van der Waals surface area contributed by atoms with Crippen LogP contribution < -0.4 is 10.6 Å². The molecular weight excluding hydrogens is 420 g/mol. The Morgan fingerprint density at radius 3 is 1.94 bits per heavy atom. The van der Waals surface area contributed by atoms with Crippen molar-refractivity contribution in [3.8, 4) is 11.1 Å². The van der Waals surface area contributed by atoms with Gasteiger partial charge in [-0.3, -0.25) is 9.59 Å². The number of carboxylic acids is 1. The van der Waals surface area contributed by atoms with E-state index >= 15 is 0 Å². The second-order valence-corrected chi connectivity index (χ2v) is 8.45. The lowest BCUT2D eigenvalue weighted by Crippen LogP contribution is -2.55. The van der Waals surface area contributed by atoms with Crippen LogP contribution in [0.5, 0.6) is 0 Å². The van der Waals surface area contributed by atoms with Gasteiger partial charge >= 0.3 is 12.1 Å². The highest BCUT2D eigenvalue weighted by Crippen LogP contribution is 2.44. The Morgan fingerprint density at radius 2 is 1.45 bits per heavy atom. The van der Waals surface area contributed by atoms with E-state index in [9.17, 15) is 19.5 Å². The Hall–Kier alpha value is -3.35. The quantitative estimate of drug-likeness (QED) is 0.494. The third kappa shape index (κ3) is 5.35. The summed E-state index contributed by atoms with van der Waals surface area (Å²) < 4.78 is 5.49. The predicted octanol–water partition coefficient (Wildman–Crippen LogP) is 4.45. The highest BCUT2D eigenvalue weighted by atomic mass is 16.5. The van der Waals surface area contributed by atoms with Gasteiger partial charge in [0.25, 0.3) is 0 Å². The standard InChI is InChI=1S/C26H32N2O5/c1-4-26(5-2,6-3)28-24(31)22(15-23(29)30)27-25(32)33-16-21-19-13-9-7-11-17(19)18-12-8-10-14-20(18)21/h7-14,21-22H,4-6,15-16H2,1-3H3,(H,27,32)(H,28,31)(H,29,30). The minimum atomic E-state index is -1.22. The first kappa shape index (κ1) is 24.3. The van der Waals surface area contributed by atoms with Crippen LogP contribution in [-0.2, 0) is 14.3 Å². The van der Waals surface area contributed by atoms with Gasteiger partial charge in [-0.15, -0.1) is 0 Å². The van der Waals surface area contributed by atoms with E-state index in [0.29, 0.717) is 19.3 Å². The van der Waals surface area contributed by atoms with E-state index in [0.717, 1.165) is 22.3 Å². The molecule has 7 heteroatoms. The summed E-state index contributed by atoms with van der Waals surface area (Å²) in [7, 11) is 0. The molecule has 0 aliphatic heterocycles. The van der Waals surface area contributed by atoms with Crippen molar-refractivity contribution in [2.24, 2.45) is 0 Å². The molecule has 0 saturated heterocycles. The molecule has 3 rings (SSSR count). The number of fused-ring (bicyclic) bond motifs is 3. The van der Waals surface area contributed by atoms with Crippen molar-refractivity contribution in [1.82, 2.24) is 10.6 Å². The van der Waals surface area contributed by atoms with Gasteiger partial charge in [-0.2, -0.15) is 0 Å². The van der Waals surface area contributed by atoms with Gasteiger partial charge in [0, 0.05) is 11.5 Å². The maximum absolute atomic E-state index is 12.8. The molecule has 0 bridgehead atoms. The number of hydrogen-bond acceptors (Lipinski definition) is 4. The molecule has 176 valence electrons. The number of carbonyl (C=O) groups is 3. The molecule has 1 aliphatic rings. The number of benzene rings is 2. The molecule has 0 spiro atoms. The molecule has 33 heavy (non-hydrogen) atoms. The van der Waals surface area contributed by atoms with Gasteiger partial charge in [0.1, 0.15) is 12.6 Å². The highest BCUT2D eigenvalue weighted by Gasteiger charge is 2.33. The summed E-state index contributed by atoms with van der Waals surface area (Å²) in [5.41, 5.74) is 3.94. The van der Waals surface area contributed by atoms with Crippen LogP contribution in [0.25, 0.3) is 11.1 Å². The van der Waals surface area contributed by atoms with Gasteiger partial charge in [0.05, 0.1) is 6.42 Å². The number of amides is 2. The van der Waals surface area contributed by atoms with Gasteiger partial charge in [0.15, 0.2) is 0 Å². The fourth-order valence-electron chi connectivity index (χ4n) is 4.53. The number of alkyl carbamates (subject to hydrolysis) is 1. The number of hydrogen-bond donors (Lipinski definition) is 3. The first-order chi connectivity index (χ1) is 15.8. The number of rotatable bonds is 10. The molecule has 1 unspecified atom stereocenters. The van der Waals surface area contributed by atoms with E-state index in [4.69, 9.17) is 4.74 Å². The van der Waals surface area contributed by atoms with Gasteiger partial charge in [-0.1, -0.05) is 69.3 Å². The Balaban J connectivity index is 1.69. The van der Waals surface area contributed by atoms with Crippen LogP contribution in [0, 0.1) is 0 Å². The number of carbonyl (C=O) groups excluding carboxylic acids is 2. The monoisotopic (exact) mass is 452 g/mol. The Kier molecular flexibility index (Phi) is 7.74. The van der Waals surface area contributed by atoms with Crippen LogP contribution in [0.2, 0.25) is 0 Å². The number of carboxylic acid groups (broad SMARTS) is 1. The van der Waals surface area contributed by atoms with Crippen molar-refractivity contribution in [3.05, 3.63) is 59.7 Å². The summed E-state index contributed by atoms with van der Waals surface area (Å²) in [6, 6.07) is 14.8. The lowest BCUT2D eigenvalue weighted by atomic mass is 9.89.